The van der Waals surface area contributed by atoms with E-state index in [-0.39, 0.29) is 30.3 Å². The molecule has 1 saturated heterocycles. The molecular formula is C23H28FN3O4. The molecule has 8 heteroatoms. The molecule has 1 amide bonds. The van der Waals surface area contributed by atoms with Gasteiger partial charge in [-0.15, -0.1) is 0 Å². The molecule has 1 aromatic carbocycles. The summed E-state index contributed by atoms with van der Waals surface area (Å²) in [4.78, 5) is 27.2. The lowest BCUT2D eigenvalue weighted by Crippen LogP contribution is -2.58. The number of aromatic nitrogens is 2. The molecule has 4 rings (SSSR count). The van der Waals surface area contributed by atoms with Crippen LogP contribution in [0.2, 0.25) is 0 Å². The lowest BCUT2D eigenvalue weighted by Gasteiger charge is -2.48. The minimum Gasteiger partial charge on any atom is -0.469 e. The van der Waals surface area contributed by atoms with Gasteiger partial charge < -0.3 is 14.4 Å². The van der Waals surface area contributed by atoms with Crippen LogP contribution in [0.3, 0.4) is 0 Å². The van der Waals surface area contributed by atoms with Crippen LogP contribution in [0.5, 0.6) is 0 Å². The SMILES string of the molecule is CCCCOC(=O)N1CCC2Cc3c(cnn3-c3ccc(F)cc3)CC2(C(=O)OC)C1. The van der Waals surface area contributed by atoms with Gasteiger partial charge in [-0.1, -0.05) is 13.3 Å². The van der Waals surface area contributed by atoms with Gasteiger partial charge in [0.25, 0.3) is 0 Å². The van der Waals surface area contributed by atoms with Crippen LogP contribution in [0.15, 0.2) is 30.5 Å². The van der Waals surface area contributed by atoms with Crippen LogP contribution < -0.4 is 0 Å². The zero-order chi connectivity index (χ0) is 22.0. The molecule has 31 heavy (non-hydrogen) atoms. The fourth-order valence-electron chi connectivity index (χ4n) is 4.84. The monoisotopic (exact) mass is 429 g/mol. The Bertz CT molecular complexity index is 958. The Morgan fingerprint density at radius 3 is 2.77 bits per heavy atom. The van der Waals surface area contributed by atoms with Crippen molar-refractivity contribution in [1.29, 1.82) is 0 Å². The lowest BCUT2D eigenvalue weighted by molar-refractivity contribution is -0.161. The van der Waals surface area contributed by atoms with Crippen LogP contribution in [-0.2, 0) is 27.1 Å². The van der Waals surface area contributed by atoms with E-state index in [0.29, 0.717) is 32.4 Å². The van der Waals surface area contributed by atoms with Crippen LogP contribution in [0, 0.1) is 17.2 Å². The van der Waals surface area contributed by atoms with Crippen LogP contribution in [-0.4, -0.2) is 53.5 Å². The minimum atomic E-state index is -0.819. The Kier molecular flexibility index (Phi) is 5.98. The highest BCUT2D eigenvalue weighted by Crippen LogP contribution is 2.46. The highest BCUT2D eigenvalue weighted by molar-refractivity contribution is 5.80. The summed E-state index contributed by atoms with van der Waals surface area (Å²) in [6.45, 7) is 3.23. The molecule has 0 saturated carbocycles. The second-order valence-corrected chi connectivity index (χ2v) is 8.41. The van der Waals surface area contributed by atoms with Crippen molar-refractivity contribution >= 4 is 12.1 Å². The molecule has 2 aliphatic rings. The number of esters is 1. The maximum atomic E-state index is 13.3. The zero-order valence-corrected chi connectivity index (χ0v) is 18.0. The number of hydrogen-bond acceptors (Lipinski definition) is 5. The van der Waals surface area contributed by atoms with Crippen molar-refractivity contribution in [2.24, 2.45) is 11.3 Å². The number of unbranched alkanes of at least 4 members (excludes halogenated alkanes) is 1. The average molecular weight is 429 g/mol. The summed E-state index contributed by atoms with van der Waals surface area (Å²) < 4.78 is 25.8. The summed E-state index contributed by atoms with van der Waals surface area (Å²) in [6.07, 6.45) is 4.91. The first-order valence-corrected chi connectivity index (χ1v) is 10.8. The van der Waals surface area contributed by atoms with Gasteiger partial charge in [0.1, 0.15) is 5.82 Å². The van der Waals surface area contributed by atoms with E-state index in [9.17, 15) is 14.0 Å². The maximum Gasteiger partial charge on any atom is 0.409 e. The first-order chi connectivity index (χ1) is 15.0. The average Bonchev–Trinajstić information content (AvgIpc) is 3.19. The maximum absolute atomic E-state index is 13.3. The summed E-state index contributed by atoms with van der Waals surface area (Å²) in [6, 6.07) is 6.21. The molecule has 2 unspecified atom stereocenters. The number of carbonyl (C=O) groups excluding carboxylic acids is 2. The van der Waals surface area contributed by atoms with Crippen molar-refractivity contribution in [3.8, 4) is 5.69 Å². The molecule has 0 spiro atoms. The number of likely N-dealkylation sites (tertiary alicyclic amines) is 1. The smallest absolute Gasteiger partial charge is 0.409 e. The van der Waals surface area contributed by atoms with E-state index in [2.05, 4.69) is 5.10 Å². The molecule has 2 aromatic rings. The van der Waals surface area contributed by atoms with Gasteiger partial charge >= 0.3 is 12.1 Å². The molecular weight excluding hydrogens is 401 g/mol. The molecule has 0 bridgehead atoms. The van der Waals surface area contributed by atoms with Gasteiger partial charge in [-0.25, -0.2) is 13.9 Å². The van der Waals surface area contributed by atoms with Gasteiger partial charge in [0.2, 0.25) is 0 Å². The number of carbonyl (C=O) groups is 2. The fourth-order valence-corrected chi connectivity index (χ4v) is 4.84. The zero-order valence-electron chi connectivity index (χ0n) is 18.0. The second-order valence-electron chi connectivity index (χ2n) is 8.41. The van der Waals surface area contributed by atoms with E-state index in [1.54, 1.807) is 23.2 Å². The Balaban J connectivity index is 1.61. The third kappa shape index (κ3) is 3.91. The summed E-state index contributed by atoms with van der Waals surface area (Å²) in [5.41, 5.74) is 1.94. The fraction of sp³-hybridized carbons (Fsp3) is 0.522. The largest absolute Gasteiger partial charge is 0.469 e. The Hall–Kier alpha value is -2.90. The first kappa shape index (κ1) is 21.3. The minimum absolute atomic E-state index is 0.0167. The standard InChI is InChI=1S/C23H28FN3O4/c1-3-4-11-31-22(29)26-10-9-17-12-20-16(13-23(17,15-26)21(28)30-2)14-25-27(20)19-7-5-18(24)6-8-19/h5-8,14,17H,3-4,9-13,15H2,1-2H3. The van der Waals surface area contributed by atoms with Crippen LogP contribution in [0.25, 0.3) is 5.69 Å². The number of methoxy groups -OCH3 is 1. The van der Waals surface area contributed by atoms with E-state index >= 15 is 0 Å². The molecule has 7 nitrogen and oxygen atoms in total. The lowest BCUT2D eigenvalue weighted by atomic mass is 9.62. The topological polar surface area (TPSA) is 73.7 Å². The van der Waals surface area contributed by atoms with Gasteiger partial charge in [0.05, 0.1) is 31.0 Å². The van der Waals surface area contributed by atoms with Crippen molar-refractivity contribution in [2.45, 2.75) is 39.0 Å². The third-order valence-electron chi connectivity index (χ3n) is 6.55. The molecule has 1 aliphatic carbocycles. The second kappa shape index (κ2) is 8.69. The van der Waals surface area contributed by atoms with Crippen LogP contribution in [0.1, 0.15) is 37.4 Å². The predicted molar refractivity (Wildman–Crippen MR) is 111 cm³/mol. The van der Waals surface area contributed by atoms with E-state index < -0.39 is 5.41 Å². The predicted octanol–water partition coefficient (Wildman–Crippen LogP) is 3.53. The van der Waals surface area contributed by atoms with Crippen molar-refractivity contribution in [3.05, 3.63) is 47.5 Å². The summed E-state index contributed by atoms with van der Waals surface area (Å²) in [5.74, 6) is -0.584. The number of halogens is 1. The number of fused-ring (bicyclic) bond motifs is 2. The molecule has 2 heterocycles. The number of benzene rings is 1. The van der Waals surface area contributed by atoms with E-state index in [1.165, 1.54) is 19.2 Å². The van der Waals surface area contributed by atoms with Gasteiger partial charge in [-0.05, 0) is 61.4 Å². The summed E-state index contributed by atoms with van der Waals surface area (Å²) in [5, 5.41) is 4.51. The highest BCUT2D eigenvalue weighted by atomic mass is 19.1. The van der Waals surface area contributed by atoms with Crippen molar-refractivity contribution in [1.82, 2.24) is 14.7 Å². The molecule has 0 radical (unpaired) electrons. The molecule has 1 aromatic heterocycles. The van der Waals surface area contributed by atoms with Gasteiger partial charge in [0, 0.05) is 18.8 Å². The van der Waals surface area contributed by atoms with E-state index in [0.717, 1.165) is 29.8 Å². The number of piperidine rings is 1. The number of amides is 1. The van der Waals surface area contributed by atoms with Crippen molar-refractivity contribution < 1.29 is 23.5 Å². The van der Waals surface area contributed by atoms with Crippen molar-refractivity contribution in [3.63, 3.8) is 0 Å². The summed E-state index contributed by atoms with van der Waals surface area (Å²) in [7, 11) is 1.39. The van der Waals surface area contributed by atoms with Crippen LogP contribution in [0.4, 0.5) is 9.18 Å². The molecule has 0 N–H and O–H groups in total. The summed E-state index contributed by atoms with van der Waals surface area (Å²) >= 11 is 0. The Morgan fingerprint density at radius 1 is 1.29 bits per heavy atom. The van der Waals surface area contributed by atoms with Gasteiger partial charge in [-0.2, -0.15) is 5.10 Å². The van der Waals surface area contributed by atoms with Gasteiger partial charge in [0.15, 0.2) is 0 Å². The molecule has 1 fully saturated rings. The van der Waals surface area contributed by atoms with E-state index in [1.807, 2.05) is 11.6 Å². The quantitative estimate of drug-likeness (QED) is 0.537. The molecule has 2 atom stereocenters. The number of hydrogen-bond donors (Lipinski definition) is 0. The normalized spacial score (nSPS) is 22.4. The first-order valence-electron chi connectivity index (χ1n) is 10.8. The van der Waals surface area contributed by atoms with Crippen molar-refractivity contribution in [2.75, 3.05) is 26.8 Å². The molecule has 1 aliphatic heterocycles. The number of ether oxygens (including phenoxy) is 2. The Labute approximate surface area is 181 Å². The van der Waals surface area contributed by atoms with Gasteiger partial charge in [-0.3, -0.25) is 4.79 Å². The highest BCUT2D eigenvalue weighted by Gasteiger charge is 2.54. The van der Waals surface area contributed by atoms with Crippen LogP contribution >= 0.6 is 0 Å². The number of nitrogens with zero attached hydrogens (tertiary/aromatic N) is 3. The number of rotatable bonds is 5. The molecule has 166 valence electrons. The van der Waals surface area contributed by atoms with E-state index in [4.69, 9.17) is 9.47 Å². The third-order valence-corrected chi connectivity index (χ3v) is 6.55. The Morgan fingerprint density at radius 2 is 2.06 bits per heavy atom.